The highest BCUT2D eigenvalue weighted by Crippen LogP contribution is 2.40. The Bertz CT molecular complexity index is 1090. The maximum atomic E-state index is 12.7. The number of methoxy groups -OCH3 is 3. The van der Waals surface area contributed by atoms with Gasteiger partial charge in [0.25, 0.3) is 5.91 Å². The first-order valence-electron chi connectivity index (χ1n) is 9.97. The summed E-state index contributed by atoms with van der Waals surface area (Å²) in [6.45, 7) is 4.89. The second kappa shape index (κ2) is 9.51. The number of hydrogen-bond donors (Lipinski definition) is 1. The number of carbonyl (C=O) groups is 1. The lowest BCUT2D eigenvalue weighted by molar-refractivity contribution is 0.0994. The summed E-state index contributed by atoms with van der Waals surface area (Å²) >= 11 is 0. The summed E-state index contributed by atoms with van der Waals surface area (Å²) < 4.78 is 17.6. The molecule has 0 saturated heterocycles. The number of ether oxygens (including phenoxy) is 3. The minimum absolute atomic E-state index is 0.0108. The largest absolute Gasteiger partial charge is 0.493 e. The number of hydrogen-bond acceptors (Lipinski definition) is 6. The predicted octanol–water partition coefficient (Wildman–Crippen LogP) is 5.34. The number of para-hydroxylation sites is 1. The van der Waals surface area contributed by atoms with Gasteiger partial charge in [-0.15, -0.1) is 10.2 Å². The van der Waals surface area contributed by atoms with Crippen LogP contribution in [0.15, 0.2) is 46.6 Å². The van der Waals surface area contributed by atoms with E-state index < -0.39 is 5.91 Å². The third kappa shape index (κ3) is 4.47. The van der Waals surface area contributed by atoms with Gasteiger partial charge in [-0.3, -0.25) is 4.79 Å². The first-order valence-corrected chi connectivity index (χ1v) is 9.97. The van der Waals surface area contributed by atoms with Crippen LogP contribution in [0.1, 0.15) is 30.6 Å². The molecule has 0 spiro atoms. The Morgan fingerprint density at radius 1 is 1.06 bits per heavy atom. The fourth-order valence-electron chi connectivity index (χ4n) is 3.34. The summed E-state index contributed by atoms with van der Waals surface area (Å²) in [5.74, 6) is 0.930. The molecule has 164 valence electrons. The number of benzene rings is 2. The van der Waals surface area contributed by atoms with Crippen molar-refractivity contribution in [3.05, 3.63) is 42.0 Å². The molecule has 8 nitrogen and oxygen atoms in total. The Morgan fingerprint density at radius 3 is 2.29 bits per heavy atom. The lowest BCUT2D eigenvalue weighted by Crippen LogP contribution is -2.00. The molecule has 0 atom stereocenters. The fourth-order valence-corrected chi connectivity index (χ4v) is 3.34. The van der Waals surface area contributed by atoms with Gasteiger partial charge in [0, 0.05) is 11.9 Å². The van der Waals surface area contributed by atoms with Crippen LogP contribution in [0.2, 0.25) is 0 Å². The summed E-state index contributed by atoms with van der Waals surface area (Å²) in [6, 6.07) is 10.5. The van der Waals surface area contributed by atoms with Crippen molar-refractivity contribution in [3.8, 4) is 23.1 Å². The van der Waals surface area contributed by atoms with Crippen molar-refractivity contribution in [3.63, 3.8) is 0 Å². The fraction of sp³-hybridized carbons (Fsp3) is 0.348. The van der Waals surface area contributed by atoms with Crippen molar-refractivity contribution in [2.24, 2.45) is 16.1 Å². The minimum Gasteiger partial charge on any atom is -0.493 e. The zero-order valence-electron chi connectivity index (χ0n) is 18.4. The zero-order chi connectivity index (χ0) is 22.5. The molecular weight excluding hydrogens is 398 g/mol. The Hall–Kier alpha value is -3.55. The van der Waals surface area contributed by atoms with Crippen LogP contribution in [0.4, 0.5) is 5.69 Å². The highest BCUT2D eigenvalue weighted by atomic mass is 16.5. The van der Waals surface area contributed by atoms with Crippen molar-refractivity contribution in [1.29, 1.82) is 0 Å². The molecule has 0 saturated carbocycles. The third-order valence-corrected chi connectivity index (χ3v) is 5.00. The SMILES string of the molecule is COc1cc(C(=O)N=Nc2c(O)n(CCC(C)C)c3ccccc23)cc(OC)c1OC. The normalized spacial score (nSPS) is 11.4. The summed E-state index contributed by atoms with van der Waals surface area (Å²) in [5, 5.41) is 19.5. The summed E-state index contributed by atoms with van der Waals surface area (Å²) in [5.41, 5.74) is 1.33. The number of aryl methyl sites for hydroxylation is 1. The molecule has 1 aromatic heterocycles. The van der Waals surface area contributed by atoms with Gasteiger partial charge in [-0.1, -0.05) is 32.0 Å². The lowest BCUT2D eigenvalue weighted by Gasteiger charge is -2.12. The van der Waals surface area contributed by atoms with E-state index in [1.165, 1.54) is 33.5 Å². The first-order chi connectivity index (χ1) is 14.9. The predicted molar refractivity (Wildman–Crippen MR) is 118 cm³/mol. The third-order valence-electron chi connectivity index (χ3n) is 5.00. The molecule has 2 aromatic carbocycles. The van der Waals surface area contributed by atoms with Crippen molar-refractivity contribution < 1.29 is 24.1 Å². The number of rotatable bonds is 8. The molecule has 8 heteroatoms. The molecule has 0 aliphatic heterocycles. The average Bonchev–Trinajstić information content (AvgIpc) is 3.05. The lowest BCUT2D eigenvalue weighted by atomic mass is 10.1. The molecule has 31 heavy (non-hydrogen) atoms. The van der Waals surface area contributed by atoms with Gasteiger partial charge < -0.3 is 23.9 Å². The molecule has 0 unspecified atom stereocenters. The van der Waals surface area contributed by atoms with E-state index in [0.717, 1.165) is 17.3 Å². The van der Waals surface area contributed by atoms with E-state index in [1.807, 2.05) is 24.3 Å². The second-order valence-corrected chi connectivity index (χ2v) is 7.44. The van der Waals surface area contributed by atoms with Crippen LogP contribution in [0, 0.1) is 5.92 Å². The van der Waals surface area contributed by atoms with E-state index in [1.54, 1.807) is 4.57 Å². The van der Waals surface area contributed by atoms with E-state index in [2.05, 4.69) is 24.1 Å². The van der Waals surface area contributed by atoms with E-state index in [-0.39, 0.29) is 17.1 Å². The van der Waals surface area contributed by atoms with Crippen LogP contribution >= 0.6 is 0 Å². The maximum absolute atomic E-state index is 12.7. The van der Waals surface area contributed by atoms with Crippen LogP contribution < -0.4 is 14.2 Å². The molecule has 1 N–H and O–H groups in total. The van der Waals surface area contributed by atoms with Gasteiger partial charge in [0.1, 0.15) is 0 Å². The molecule has 0 aliphatic carbocycles. The van der Waals surface area contributed by atoms with Crippen LogP contribution in [0.3, 0.4) is 0 Å². The van der Waals surface area contributed by atoms with Crippen LogP contribution in [0.25, 0.3) is 10.9 Å². The molecule has 3 aromatic rings. The smallest absolute Gasteiger partial charge is 0.295 e. The Balaban J connectivity index is 1.99. The number of carbonyl (C=O) groups excluding carboxylic acids is 1. The number of azo groups is 1. The molecule has 1 heterocycles. The second-order valence-electron chi connectivity index (χ2n) is 7.44. The van der Waals surface area contributed by atoms with E-state index in [4.69, 9.17) is 14.2 Å². The molecule has 0 bridgehead atoms. The zero-order valence-corrected chi connectivity index (χ0v) is 18.4. The number of aromatic nitrogens is 1. The Kier molecular flexibility index (Phi) is 6.79. The molecular formula is C23H27N3O5. The Morgan fingerprint density at radius 2 is 1.71 bits per heavy atom. The van der Waals surface area contributed by atoms with Gasteiger partial charge >= 0.3 is 0 Å². The summed E-state index contributed by atoms with van der Waals surface area (Å²) in [7, 11) is 4.42. The van der Waals surface area contributed by atoms with Crippen LogP contribution in [0.5, 0.6) is 23.1 Å². The van der Waals surface area contributed by atoms with Gasteiger partial charge in [-0.25, -0.2) is 0 Å². The number of amides is 1. The topological polar surface area (TPSA) is 94.6 Å². The van der Waals surface area contributed by atoms with Crippen molar-refractivity contribution >= 4 is 22.5 Å². The number of aromatic hydroxyl groups is 1. The monoisotopic (exact) mass is 425 g/mol. The van der Waals surface area contributed by atoms with Crippen LogP contribution in [-0.4, -0.2) is 36.9 Å². The van der Waals surface area contributed by atoms with E-state index in [9.17, 15) is 9.90 Å². The molecule has 1 amide bonds. The van der Waals surface area contributed by atoms with Gasteiger partial charge in [-0.05, 0) is 30.5 Å². The summed E-state index contributed by atoms with van der Waals surface area (Å²) in [4.78, 5) is 12.7. The highest BCUT2D eigenvalue weighted by Gasteiger charge is 2.19. The summed E-state index contributed by atoms with van der Waals surface area (Å²) in [6.07, 6.45) is 0.896. The van der Waals surface area contributed by atoms with Gasteiger partial charge in [0.05, 0.1) is 32.4 Å². The van der Waals surface area contributed by atoms with E-state index in [0.29, 0.717) is 29.7 Å². The molecule has 0 aliphatic rings. The molecule has 0 fully saturated rings. The molecule has 0 radical (unpaired) electrons. The van der Waals surface area contributed by atoms with Crippen molar-refractivity contribution in [2.45, 2.75) is 26.8 Å². The minimum atomic E-state index is -0.599. The number of nitrogens with zero attached hydrogens (tertiary/aromatic N) is 3. The van der Waals surface area contributed by atoms with E-state index >= 15 is 0 Å². The van der Waals surface area contributed by atoms with Crippen LogP contribution in [-0.2, 0) is 6.54 Å². The van der Waals surface area contributed by atoms with Gasteiger partial charge in [0.2, 0.25) is 11.6 Å². The maximum Gasteiger partial charge on any atom is 0.295 e. The number of fused-ring (bicyclic) bond motifs is 1. The Labute approximate surface area is 181 Å². The first kappa shape index (κ1) is 22.1. The quantitative estimate of drug-likeness (QED) is 0.491. The van der Waals surface area contributed by atoms with Crippen molar-refractivity contribution in [2.75, 3.05) is 21.3 Å². The van der Waals surface area contributed by atoms with Crippen molar-refractivity contribution in [1.82, 2.24) is 4.57 Å². The average molecular weight is 425 g/mol. The standard InChI is InChI=1S/C23H27N3O5/c1-14(2)10-11-26-17-9-7-6-8-16(17)20(23(26)28)24-25-22(27)15-12-18(29-3)21(31-5)19(13-15)30-4/h6-9,12-14,28H,10-11H2,1-5H3. The van der Waals surface area contributed by atoms with Gasteiger partial charge in [-0.2, -0.15) is 0 Å². The molecule has 3 rings (SSSR count). The highest BCUT2D eigenvalue weighted by molar-refractivity contribution is 5.98. The van der Waals surface area contributed by atoms with Gasteiger partial charge in [0.15, 0.2) is 17.2 Å².